The molecule has 0 saturated heterocycles. The average Bonchev–Trinajstić information content (AvgIpc) is 2.68. The van der Waals surface area contributed by atoms with Gasteiger partial charge in [-0.3, -0.25) is 9.78 Å². The minimum absolute atomic E-state index is 0.181. The molecule has 82 valence electrons. The summed E-state index contributed by atoms with van der Waals surface area (Å²) >= 11 is 4.76. The molecule has 2 aromatic heterocycles. The van der Waals surface area contributed by atoms with Gasteiger partial charge in [0.05, 0.1) is 26.9 Å². The summed E-state index contributed by atoms with van der Waals surface area (Å²) in [5.74, 6) is -0.181. The monoisotopic (exact) mass is 297 g/mol. The molecule has 2 heterocycles. The van der Waals surface area contributed by atoms with Crippen LogP contribution in [-0.2, 0) is 0 Å². The molecule has 0 unspecified atom stereocenters. The Morgan fingerprint density at radius 1 is 1.56 bits per heavy atom. The van der Waals surface area contributed by atoms with Gasteiger partial charge in [0.15, 0.2) is 0 Å². The molecular formula is C10H8BrN3OS. The van der Waals surface area contributed by atoms with E-state index in [9.17, 15) is 4.79 Å². The molecule has 3 N–H and O–H groups in total. The number of aromatic nitrogens is 1. The SMILES string of the molecule is Nc1cnccc1NC(=O)c1csc(Br)c1. The summed E-state index contributed by atoms with van der Waals surface area (Å²) in [6.45, 7) is 0. The number of pyridine rings is 1. The fourth-order valence-electron chi connectivity index (χ4n) is 1.14. The van der Waals surface area contributed by atoms with Crippen molar-refractivity contribution in [2.75, 3.05) is 11.1 Å². The van der Waals surface area contributed by atoms with Crippen molar-refractivity contribution in [2.45, 2.75) is 0 Å². The third-order valence-corrected chi connectivity index (χ3v) is 3.43. The van der Waals surface area contributed by atoms with E-state index in [1.54, 1.807) is 23.7 Å². The van der Waals surface area contributed by atoms with Gasteiger partial charge in [-0.2, -0.15) is 0 Å². The van der Waals surface area contributed by atoms with Crippen molar-refractivity contribution in [2.24, 2.45) is 0 Å². The highest BCUT2D eigenvalue weighted by molar-refractivity contribution is 9.11. The molecule has 4 nitrogen and oxygen atoms in total. The molecule has 1 amide bonds. The molecule has 2 aromatic rings. The third kappa shape index (κ3) is 2.40. The summed E-state index contributed by atoms with van der Waals surface area (Å²) in [6.07, 6.45) is 3.08. The molecule has 2 rings (SSSR count). The van der Waals surface area contributed by atoms with E-state index in [-0.39, 0.29) is 5.91 Å². The van der Waals surface area contributed by atoms with Gasteiger partial charge in [0.2, 0.25) is 0 Å². The van der Waals surface area contributed by atoms with Crippen molar-refractivity contribution < 1.29 is 4.79 Å². The van der Waals surface area contributed by atoms with Crippen LogP contribution in [0.15, 0.2) is 33.7 Å². The van der Waals surface area contributed by atoms with Crippen molar-refractivity contribution in [1.29, 1.82) is 0 Å². The molecule has 6 heteroatoms. The van der Waals surface area contributed by atoms with Crippen LogP contribution < -0.4 is 11.1 Å². The number of rotatable bonds is 2. The molecule has 0 saturated carbocycles. The molecule has 0 aliphatic heterocycles. The smallest absolute Gasteiger partial charge is 0.256 e. The lowest BCUT2D eigenvalue weighted by atomic mass is 10.3. The van der Waals surface area contributed by atoms with E-state index in [1.165, 1.54) is 17.5 Å². The number of anilines is 2. The largest absolute Gasteiger partial charge is 0.396 e. The standard InChI is InChI=1S/C10H8BrN3OS/c11-9-3-6(5-16-9)10(15)14-8-1-2-13-4-7(8)12/h1-5H,12H2,(H,13,14,15). The Morgan fingerprint density at radius 2 is 2.38 bits per heavy atom. The number of amides is 1. The molecular weight excluding hydrogens is 290 g/mol. The molecule has 0 aliphatic rings. The van der Waals surface area contributed by atoms with E-state index in [0.29, 0.717) is 16.9 Å². The van der Waals surface area contributed by atoms with Crippen LogP contribution in [0, 0.1) is 0 Å². The second-order valence-corrected chi connectivity index (χ2v) is 5.35. The van der Waals surface area contributed by atoms with Gasteiger partial charge >= 0.3 is 0 Å². The van der Waals surface area contributed by atoms with Crippen LogP contribution in [-0.4, -0.2) is 10.9 Å². The first-order chi connectivity index (χ1) is 7.66. The predicted molar refractivity (Wildman–Crippen MR) is 68.6 cm³/mol. The first-order valence-corrected chi connectivity index (χ1v) is 6.09. The summed E-state index contributed by atoms with van der Waals surface area (Å²) < 4.78 is 0.917. The minimum Gasteiger partial charge on any atom is -0.396 e. The van der Waals surface area contributed by atoms with Crippen molar-refractivity contribution in [3.63, 3.8) is 0 Å². The zero-order valence-electron chi connectivity index (χ0n) is 8.11. The summed E-state index contributed by atoms with van der Waals surface area (Å²) in [6, 6.07) is 3.42. The maximum absolute atomic E-state index is 11.8. The lowest BCUT2D eigenvalue weighted by molar-refractivity contribution is 0.102. The Hall–Kier alpha value is -1.40. The number of nitrogens with zero attached hydrogens (tertiary/aromatic N) is 1. The number of nitrogen functional groups attached to an aromatic ring is 1. The summed E-state index contributed by atoms with van der Waals surface area (Å²) in [7, 11) is 0. The highest BCUT2D eigenvalue weighted by Gasteiger charge is 2.09. The normalized spacial score (nSPS) is 10.1. The van der Waals surface area contributed by atoms with E-state index in [1.807, 2.05) is 0 Å². The third-order valence-electron chi connectivity index (χ3n) is 1.93. The Balaban J connectivity index is 2.17. The Morgan fingerprint density at radius 3 is 3.00 bits per heavy atom. The minimum atomic E-state index is -0.181. The molecule has 0 radical (unpaired) electrons. The van der Waals surface area contributed by atoms with Crippen LogP contribution in [0.1, 0.15) is 10.4 Å². The maximum Gasteiger partial charge on any atom is 0.256 e. The summed E-state index contributed by atoms with van der Waals surface area (Å²) in [5.41, 5.74) is 7.29. The van der Waals surface area contributed by atoms with Crippen LogP contribution in [0.5, 0.6) is 0 Å². The zero-order chi connectivity index (χ0) is 11.5. The summed E-state index contributed by atoms with van der Waals surface area (Å²) in [4.78, 5) is 15.6. The second-order valence-electron chi connectivity index (χ2n) is 3.06. The number of thiophene rings is 1. The van der Waals surface area contributed by atoms with Gasteiger partial charge in [0.25, 0.3) is 5.91 Å². The molecule has 0 bridgehead atoms. The highest BCUT2D eigenvalue weighted by Crippen LogP contribution is 2.22. The van der Waals surface area contributed by atoms with Crippen molar-refractivity contribution in [1.82, 2.24) is 4.98 Å². The topological polar surface area (TPSA) is 68.0 Å². The van der Waals surface area contributed by atoms with E-state index < -0.39 is 0 Å². The lowest BCUT2D eigenvalue weighted by Gasteiger charge is -2.05. The Bertz CT molecular complexity index is 526. The number of hydrogen-bond donors (Lipinski definition) is 2. The molecule has 0 aliphatic carbocycles. The average molecular weight is 298 g/mol. The quantitative estimate of drug-likeness (QED) is 0.895. The van der Waals surface area contributed by atoms with E-state index in [2.05, 4.69) is 26.2 Å². The van der Waals surface area contributed by atoms with Gasteiger partial charge in [0.1, 0.15) is 0 Å². The second kappa shape index (κ2) is 4.63. The number of hydrogen-bond acceptors (Lipinski definition) is 4. The molecule has 0 atom stereocenters. The zero-order valence-corrected chi connectivity index (χ0v) is 10.5. The van der Waals surface area contributed by atoms with Crippen molar-refractivity contribution in [3.8, 4) is 0 Å². The number of carbonyl (C=O) groups excluding carboxylic acids is 1. The number of carbonyl (C=O) groups is 1. The molecule has 16 heavy (non-hydrogen) atoms. The van der Waals surface area contributed by atoms with E-state index >= 15 is 0 Å². The van der Waals surface area contributed by atoms with Gasteiger partial charge in [-0.05, 0) is 28.1 Å². The van der Waals surface area contributed by atoms with Crippen LogP contribution >= 0.6 is 27.3 Å². The maximum atomic E-state index is 11.8. The molecule has 0 aromatic carbocycles. The number of nitrogens with two attached hydrogens (primary N) is 1. The van der Waals surface area contributed by atoms with Gasteiger partial charge in [0, 0.05) is 11.6 Å². The number of halogens is 1. The van der Waals surface area contributed by atoms with E-state index in [4.69, 9.17) is 5.73 Å². The van der Waals surface area contributed by atoms with Crippen LogP contribution in [0.25, 0.3) is 0 Å². The van der Waals surface area contributed by atoms with Gasteiger partial charge in [-0.15, -0.1) is 11.3 Å². The summed E-state index contributed by atoms with van der Waals surface area (Å²) in [5, 5.41) is 4.50. The molecule has 0 fully saturated rings. The fourth-order valence-corrected chi connectivity index (χ4v) is 2.28. The Kier molecular flexibility index (Phi) is 3.21. The predicted octanol–water partition coefficient (Wildman–Crippen LogP) is 2.74. The van der Waals surface area contributed by atoms with E-state index in [0.717, 1.165) is 3.79 Å². The lowest BCUT2D eigenvalue weighted by Crippen LogP contribution is -2.12. The van der Waals surface area contributed by atoms with Crippen LogP contribution in [0.3, 0.4) is 0 Å². The first kappa shape index (κ1) is 11.1. The van der Waals surface area contributed by atoms with Crippen LogP contribution in [0.4, 0.5) is 11.4 Å². The Labute approximate surface area is 105 Å². The van der Waals surface area contributed by atoms with Gasteiger partial charge in [-0.25, -0.2) is 0 Å². The molecule has 0 spiro atoms. The van der Waals surface area contributed by atoms with Crippen LogP contribution in [0.2, 0.25) is 0 Å². The highest BCUT2D eigenvalue weighted by atomic mass is 79.9. The van der Waals surface area contributed by atoms with Gasteiger partial charge < -0.3 is 11.1 Å². The van der Waals surface area contributed by atoms with Crippen molar-refractivity contribution >= 4 is 44.5 Å². The first-order valence-electron chi connectivity index (χ1n) is 4.41. The van der Waals surface area contributed by atoms with Gasteiger partial charge in [-0.1, -0.05) is 0 Å². The fraction of sp³-hybridized carbons (Fsp3) is 0. The number of nitrogens with one attached hydrogen (secondary N) is 1. The van der Waals surface area contributed by atoms with Crippen molar-refractivity contribution in [3.05, 3.63) is 39.3 Å².